The summed E-state index contributed by atoms with van der Waals surface area (Å²) in [5.41, 5.74) is 1.15. The Balaban J connectivity index is 1.82. The van der Waals surface area contributed by atoms with Crippen molar-refractivity contribution < 1.29 is 17.6 Å². The minimum Gasteiger partial charge on any atom is -0.355 e. The number of carbonyl (C=O) groups excluding carboxylic acids is 1. The maximum Gasteiger partial charge on any atom is 0.251 e. The number of hydrogen-bond acceptors (Lipinski definition) is 3. The van der Waals surface area contributed by atoms with Gasteiger partial charge in [0.2, 0.25) is 10.0 Å². The van der Waals surface area contributed by atoms with Gasteiger partial charge in [-0.05, 0) is 61.9 Å². The van der Waals surface area contributed by atoms with E-state index in [1.807, 2.05) is 24.3 Å². The zero-order valence-corrected chi connectivity index (χ0v) is 17.7. The predicted octanol–water partition coefficient (Wildman–Crippen LogP) is 3.76. The summed E-state index contributed by atoms with van der Waals surface area (Å²) in [5.74, 6) is -0.151. The zero-order valence-electron chi connectivity index (χ0n) is 16.9. The summed E-state index contributed by atoms with van der Waals surface area (Å²) in [5, 5.41) is 1.98. The highest BCUT2D eigenvalue weighted by atomic mass is 32.2. The molecule has 5 nitrogen and oxygen atoms in total. The third-order valence-corrected chi connectivity index (χ3v) is 7.44. The molecule has 0 aliphatic heterocycles. The van der Waals surface area contributed by atoms with E-state index >= 15 is 4.39 Å². The number of rotatable bonds is 6. The van der Waals surface area contributed by atoms with Crippen LogP contribution in [0.25, 0.3) is 11.1 Å². The maximum atomic E-state index is 15.8. The molecule has 0 radical (unpaired) electrons. The fourth-order valence-corrected chi connectivity index (χ4v) is 4.67. The molecule has 2 atom stereocenters. The van der Waals surface area contributed by atoms with Gasteiger partial charge in [-0.1, -0.05) is 36.4 Å². The molecule has 7 heteroatoms. The van der Waals surface area contributed by atoms with E-state index in [1.54, 1.807) is 45.2 Å². The van der Waals surface area contributed by atoms with Crippen molar-refractivity contribution in [1.29, 1.82) is 0 Å². The molecule has 2 N–H and O–H groups in total. The Hall–Kier alpha value is -2.25. The summed E-state index contributed by atoms with van der Waals surface area (Å²) in [6.45, 7) is 3.17. The van der Waals surface area contributed by atoms with Crippen LogP contribution in [0.2, 0.25) is 0 Å². The monoisotopic (exact) mass is 418 g/mol. The van der Waals surface area contributed by atoms with Gasteiger partial charge < -0.3 is 5.32 Å². The van der Waals surface area contributed by atoms with Crippen LogP contribution in [0.4, 0.5) is 4.39 Å². The van der Waals surface area contributed by atoms with Crippen molar-refractivity contribution in [1.82, 2.24) is 10.0 Å². The van der Waals surface area contributed by atoms with E-state index in [2.05, 4.69) is 10.0 Å². The fraction of sp³-hybridized carbons (Fsp3) is 0.409. The van der Waals surface area contributed by atoms with Crippen molar-refractivity contribution in [2.24, 2.45) is 0 Å². The highest BCUT2D eigenvalue weighted by molar-refractivity contribution is 7.90. The van der Waals surface area contributed by atoms with E-state index in [0.717, 1.165) is 11.1 Å². The van der Waals surface area contributed by atoms with E-state index in [9.17, 15) is 13.2 Å². The van der Waals surface area contributed by atoms with E-state index in [1.165, 1.54) is 0 Å². The number of amides is 1. The molecule has 0 bridgehead atoms. The first-order valence-electron chi connectivity index (χ1n) is 9.80. The lowest BCUT2D eigenvalue weighted by molar-refractivity contribution is 0.0963. The number of halogens is 1. The quantitative estimate of drug-likeness (QED) is 0.750. The molecule has 0 aromatic heterocycles. The van der Waals surface area contributed by atoms with Gasteiger partial charge >= 0.3 is 0 Å². The standard InChI is InChI=1S/C22H27FN2O3S/c1-15(2)29(27,28)25-20-5-4-14-22(20,23)19-12-10-17(11-13-19)16-6-8-18(9-7-16)21(26)24-3/h6-13,15,20,25H,4-5,14H2,1-3H3,(H,24,26)/t20-,22+/m0/s1. The molecule has 156 valence electrons. The molecule has 1 fully saturated rings. The zero-order chi connectivity index (χ0) is 21.2. The summed E-state index contributed by atoms with van der Waals surface area (Å²) < 4.78 is 42.9. The molecule has 0 unspecified atom stereocenters. The van der Waals surface area contributed by atoms with Crippen LogP contribution < -0.4 is 10.0 Å². The van der Waals surface area contributed by atoms with Gasteiger partial charge in [0, 0.05) is 12.6 Å². The van der Waals surface area contributed by atoms with Crippen LogP contribution in [0.5, 0.6) is 0 Å². The van der Waals surface area contributed by atoms with Crippen LogP contribution >= 0.6 is 0 Å². The summed E-state index contributed by atoms with van der Waals surface area (Å²) in [6, 6.07) is 13.5. The van der Waals surface area contributed by atoms with Crippen LogP contribution in [-0.4, -0.2) is 32.7 Å². The Morgan fingerprint density at radius 1 is 1.07 bits per heavy atom. The Morgan fingerprint density at radius 3 is 2.14 bits per heavy atom. The SMILES string of the molecule is CNC(=O)c1ccc(-c2ccc([C@]3(F)CCC[C@@H]3NS(=O)(=O)C(C)C)cc2)cc1. The second-order valence-corrected chi connectivity index (χ2v) is 10.0. The Kier molecular flexibility index (Phi) is 6.10. The molecule has 1 aliphatic carbocycles. The molecule has 2 aromatic carbocycles. The Labute approximate surface area is 171 Å². The van der Waals surface area contributed by atoms with Gasteiger partial charge in [0.25, 0.3) is 5.91 Å². The molecule has 0 spiro atoms. The average Bonchev–Trinajstić information content (AvgIpc) is 3.08. The van der Waals surface area contributed by atoms with Gasteiger partial charge in [0.05, 0.1) is 11.3 Å². The second kappa shape index (κ2) is 8.24. The molecular weight excluding hydrogens is 391 g/mol. The first kappa shape index (κ1) is 21.5. The first-order valence-corrected chi connectivity index (χ1v) is 11.3. The lowest BCUT2D eigenvalue weighted by atomic mass is 9.89. The topological polar surface area (TPSA) is 75.3 Å². The fourth-order valence-electron chi connectivity index (χ4n) is 3.70. The van der Waals surface area contributed by atoms with Crippen molar-refractivity contribution in [3.63, 3.8) is 0 Å². The summed E-state index contributed by atoms with van der Waals surface area (Å²) >= 11 is 0. The maximum absolute atomic E-state index is 15.8. The third kappa shape index (κ3) is 4.36. The predicted molar refractivity (Wildman–Crippen MR) is 113 cm³/mol. The van der Waals surface area contributed by atoms with E-state index in [-0.39, 0.29) is 5.91 Å². The number of hydrogen-bond donors (Lipinski definition) is 2. The molecule has 0 heterocycles. The first-order chi connectivity index (χ1) is 13.7. The number of benzene rings is 2. The molecular formula is C22H27FN2O3S. The molecule has 2 aromatic rings. The molecule has 3 rings (SSSR count). The van der Waals surface area contributed by atoms with Crippen LogP contribution in [0.1, 0.15) is 49.0 Å². The number of sulfonamides is 1. The van der Waals surface area contributed by atoms with E-state index < -0.39 is 27.0 Å². The third-order valence-electron chi connectivity index (χ3n) is 5.59. The van der Waals surface area contributed by atoms with Crippen molar-refractivity contribution in [3.8, 4) is 11.1 Å². The molecule has 0 saturated heterocycles. The van der Waals surface area contributed by atoms with Crippen LogP contribution in [0, 0.1) is 0 Å². The van der Waals surface area contributed by atoms with Crippen molar-refractivity contribution in [2.75, 3.05) is 7.05 Å². The van der Waals surface area contributed by atoms with Gasteiger partial charge in [-0.3, -0.25) is 4.79 Å². The van der Waals surface area contributed by atoms with Gasteiger partial charge in [0.15, 0.2) is 5.67 Å². The van der Waals surface area contributed by atoms with E-state index in [4.69, 9.17) is 0 Å². The van der Waals surface area contributed by atoms with Gasteiger partial charge in [-0.15, -0.1) is 0 Å². The van der Waals surface area contributed by atoms with E-state index in [0.29, 0.717) is 30.4 Å². The summed E-state index contributed by atoms with van der Waals surface area (Å²) in [4.78, 5) is 11.7. The Morgan fingerprint density at radius 2 is 1.62 bits per heavy atom. The second-order valence-electron chi connectivity index (χ2n) is 7.75. The number of carbonyl (C=O) groups is 1. The van der Waals surface area contributed by atoms with Crippen LogP contribution in [0.15, 0.2) is 48.5 Å². The molecule has 1 saturated carbocycles. The highest BCUT2D eigenvalue weighted by Gasteiger charge is 2.46. The lowest BCUT2D eigenvalue weighted by Gasteiger charge is -2.29. The normalized spacial score (nSPS) is 22.0. The van der Waals surface area contributed by atoms with Gasteiger partial charge in [-0.2, -0.15) is 0 Å². The smallest absolute Gasteiger partial charge is 0.251 e. The molecule has 29 heavy (non-hydrogen) atoms. The Bertz CT molecular complexity index is 972. The molecule has 1 amide bonds. The lowest BCUT2D eigenvalue weighted by Crippen LogP contribution is -2.46. The van der Waals surface area contributed by atoms with Gasteiger partial charge in [-0.25, -0.2) is 17.5 Å². The molecule has 1 aliphatic rings. The van der Waals surface area contributed by atoms with Crippen molar-refractivity contribution >= 4 is 15.9 Å². The average molecular weight is 419 g/mol. The minimum atomic E-state index is -3.55. The number of nitrogens with one attached hydrogen (secondary N) is 2. The van der Waals surface area contributed by atoms with Crippen molar-refractivity contribution in [3.05, 3.63) is 59.7 Å². The largest absolute Gasteiger partial charge is 0.355 e. The number of alkyl halides is 1. The van der Waals surface area contributed by atoms with Gasteiger partial charge in [0.1, 0.15) is 0 Å². The van der Waals surface area contributed by atoms with Crippen LogP contribution in [-0.2, 0) is 15.7 Å². The summed E-state index contributed by atoms with van der Waals surface area (Å²) in [6.07, 6.45) is 1.40. The minimum absolute atomic E-state index is 0.151. The summed E-state index contributed by atoms with van der Waals surface area (Å²) in [7, 11) is -1.97. The van der Waals surface area contributed by atoms with Crippen molar-refractivity contribution in [2.45, 2.75) is 50.1 Å². The highest BCUT2D eigenvalue weighted by Crippen LogP contribution is 2.43. The van der Waals surface area contributed by atoms with Crippen LogP contribution in [0.3, 0.4) is 0 Å².